The van der Waals surface area contributed by atoms with E-state index < -0.39 is 0 Å². The molecular formula is C12H13B3O. The van der Waals surface area contributed by atoms with Gasteiger partial charge in [0.1, 0.15) is 18.7 Å². The van der Waals surface area contributed by atoms with Gasteiger partial charge in [0.05, 0.1) is 14.8 Å². The zero-order chi connectivity index (χ0) is 11.2. The third-order valence-corrected chi connectivity index (χ3v) is 2.44. The molecule has 0 heterocycles. The molecule has 2 aromatic rings. The van der Waals surface area contributed by atoms with Gasteiger partial charge in [-0.1, -0.05) is 35.8 Å². The molecule has 0 spiro atoms. The van der Waals surface area contributed by atoms with Crippen LogP contribution in [0, 0.1) is 0 Å². The van der Waals surface area contributed by atoms with Crippen LogP contribution in [0.15, 0.2) is 54.6 Å². The van der Waals surface area contributed by atoms with Crippen molar-refractivity contribution in [2.75, 3.05) is 0 Å². The highest BCUT2D eigenvalue weighted by Crippen LogP contribution is 2.19. The van der Waals surface area contributed by atoms with Gasteiger partial charge in [0.2, 0.25) is 0 Å². The van der Waals surface area contributed by atoms with Crippen molar-refractivity contribution in [3.63, 3.8) is 0 Å². The Kier molecular flexibility index (Phi) is 3.76. The van der Waals surface area contributed by atoms with Crippen LogP contribution in [0.5, 0.6) is 11.5 Å². The summed E-state index contributed by atoms with van der Waals surface area (Å²) >= 11 is 0. The molecule has 0 aliphatic rings. The number of hydrogen-bond acceptors (Lipinski definition) is 1. The van der Waals surface area contributed by atoms with Crippen molar-refractivity contribution < 1.29 is 4.74 Å². The van der Waals surface area contributed by atoms with Crippen LogP contribution in [0.2, 0.25) is 0 Å². The normalized spacial score (nSPS) is 9.50. The maximum atomic E-state index is 5.71. The molecule has 0 saturated heterocycles. The van der Waals surface area contributed by atoms with Gasteiger partial charge in [-0.15, -0.1) is 0 Å². The van der Waals surface area contributed by atoms with Crippen LogP contribution in [0.4, 0.5) is 0 Å². The summed E-state index contributed by atoms with van der Waals surface area (Å²) in [7, 11) is 4.50. The first kappa shape index (κ1) is 10.9. The first-order valence-electron chi connectivity index (χ1n) is 5.70. The van der Waals surface area contributed by atoms with E-state index in [1.807, 2.05) is 42.5 Å². The predicted molar refractivity (Wildman–Crippen MR) is 75.4 cm³/mol. The quantitative estimate of drug-likeness (QED) is 0.659. The Labute approximate surface area is 98.7 Å². The molecule has 16 heavy (non-hydrogen) atoms. The Morgan fingerprint density at radius 2 is 1.44 bits per heavy atom. The third kappa shape index (κ3) is 2.96. The van der Waals surface area contributed by atoms with Crippen LogP contribution in [0.25, 0.3) is 0 Å². The Bertz CT molecular complexity index is 428. The van der Waals surface area contributed by atoms with Gasteiger partial charge in [-0.3, -0.25) is 0 Å². The molecule has 0 aliphatic carbocycles. The monoisotopic (exact) mass is 206 g/mol. The van der Waals surface area contributed by atoms with Crippen LogP contribution >= 0.6 is 0 Å². The molecule has 4 heteroatoms. The molecule has 0 radical (unpaired) electrons. The number of rotatable bonds is 4. The van der Waals surface area contributed by atoms with Gasteiger partial charge in [-0.2, -0.15) is 0 Å². The molecule has 0 bridgehead atoms. The average Bonchev–Trinajstić information content (AvgIpc) is 2.33. The van der Waals surface area contributed by atoms with Crippen LogP contribution in [-0.2, 0) is 0 Å². The minimum absolute atomic E-state index is 0.880. The number of ether oxygens (including phenoxy) is 1. The lowest BCUT2D eigenvalue weighted by Gasteiger charge is -2.05. The van der Waals surface area contributed by atoms with Crippen molar-refractivity contribution in [1.29, 1.82) is 0 Å². The van der Waals surface area contributed by atoms with Crippen LogP contribution < -0.4 is 10.2 Å². The van der Waals surface area contributed by atoms with Crippen molar-refractivity contribution in [2.45, 2.75) is 0 Å². The Balaban J connectivity index is 2.05. The smallest absolute Gasteiger partial charge is 0.127 e. The van der Waals surface area contributed by atoms with Gasteiger partial charge < -0.3 is 4.74 Å². The minimum Gasteiger partial charge on any atom is -0.457 e. The first-order valence-corrected chi connectivity index (χ1v) is 5.70. The average molecular weight is 206 g/mol. The highest BCUT2D eigenvalue weighted by atomic mass is 16.5. The van der Waals surface area contributed by atoms with Crippen LogP contribution in [-0.4, -0.2) is 22.0 Å². The SMILES string of the molecule is BBBc1ccc(Oc2ccccc2)cc1. The van der Waals surface area contributed by atoms with Gasteiger partial charge >= 0.3 is 0 Å². The number of para-hydroxylation sites is 1. The van der Waals surface area contributed by atoms with Crippen molar-refractivity contribution >= 4 is 27.4 Å². The van der Waals surface area contributed by atoms with Crippen LogP contribution in [0.1, 0.15) is 0 Å². The molecule has 1 nitrogen and oxygen atoms in total. The second kappa shape index (κ2) is 5.50. The fraction of sp³-hybridized carbons (Fsp3) is 0. The van der Waals surface area contributed by atoms with E-state index in [-0.39, 0.29) is 0 Å². The maximum absolute atomic E-state index is 5.71. The van der Waals surface area contributed by atoms with E-state index >= 15 is 0 Å². The van der Waals surface area contributed by atoms with Gasteiger partial charge in [-0.05, 0) is 24.3 Å². The van der Waals surface area contributed by atoms with E-state index in [0.29, 0.717) is 0 Å². The molecule has 0 unspecified atom stereocenters. The van der Waals surface area contributed by atoms with Crippen molar-refractivity contribution in [2.24, 2.45) is 0 Å². The zero-order valence-electron chi connectivity index (χ0n) is 9.52. The Morgan fingerprint density at radius 3 is 2.06 bits per heavy atom. The van der Waals surface area contributed by atoms with Crippen molar-refractivity contribution in [3.8, 4) is 11.5 Å². The van der Waals surface area contributed by atoms with Crippen LogP contribution in [0.3, 0.4) is 0 Å². The molecule has 0 saturated carbocycles. The lowest BCUT2D eigenvalue weighted by atomic mass is 9.26. The number of benzene rings is 2. The summed E-state index contributed by atoms with van der Waals surface area (Å²) in [4.78, 5) is 0. The van der Waals surface area contributed by atoms with Gasteiger partial charge in [-0.25, -0.2) is 0 Å². The molecule has 76 valence electrons. The van der Waals surface area contributed by atoms with E-state index in [0.717, 1.165) is 18.7 Å². The number of hydrogen-bond donors (Lipinski definition) is 0. The molecule has 0 atom stereocenters. The summed E-state index contributed by atoms with van der Waals surface area (Å²) in [5, 5.41) is 0. The molecule has 0 aliphatic heterocycles. The molecule has 0 amide bonds. The molecule has 0 fully saturated rings. The lowest BCUT2D eigenvalue weighted by molar-refractivity contribution is 0.483. The standard InChI is InChI=1S/C12H13B3O/c13-15-14-10-6-8-12(9-7-10)16-11-4-2-1-3-5-11/h1-9,14-15H,13H2. The van der Waals surface area contributed by atoms with Gasteiger partial charge in [0.15, 0.2) is 0 Å². The summed E-state index contributed by atoms with van der Waals surface area (Å²) in [6, 6.07) is 18.2. The van der Waals surface area contributed by atoms with Gasteiger partial charge in [0.25, 0.3) is 0 Å². The molecule has 2 rings (SSSR count). The summed E-state index contributed by atoms with van der Waals surface area (Å²) in [5.41, 5.74) is 1.36. The predicted octanol–water partition coefficient (Wildman–Crippen LogP) is 0.440. The maximum Gasteiger partial charge on any atom is 0.127 e. The summed E-state index contributed by atoms with van der Waals surface area (Å²) < 4.78 is 5.71. The first-order chi connectivity index (χ1) is 7.88. The largest absolute Gasteiger partial charge is 0.457 e. The summed E-state index contributed by atoms with van der Waals surface area (Å²) in [6.45, 7) is 0. The lowest BCUT2D eigenvalue weighted by Crippen LogP contribution is -2.20. The topological polar surface area (TPSA) is 9.23 Å². The zero-order valence-corrected chi connectivity index (χ0v) is 9.52. The van der Waals surface area contributed by atoms with E-state index in [1.54, 1.807) is 0 Å². The fourth-order valence-electron chi connectivity index (χ4n) is 1.64. The van der Waals surface area contributed by atoms with E-state index in [9.17, 15) is 0 Å². The van der Waals surface area contributed by atoms with E-state index in [1.165, 1.54) is 12.5 Å². The molecule has 0 N–H and O–H groups in total. The second-order valence-corrected chi connectivity index (χ2v) is 3.81. The molecule has 0 aromatic heterocycles. The van der Waals surface area contributed by atoms with Crippen molar-refractivity contribution in [3.05, 3.63) is 54.6 Å². The summed E-state index contributed by atoms with van der Waals surface area (Å²) in [6.07, 6.45) is 0. The highest BCUT2D eigenvalue weighted by molar-refractivity contribution is 7.27. The minimum atomic E-state index is 0.880. The Morgan fingerprint density at radius 1 is 0.812 bits per heavy atom. The van der Waals surface area contributed by atoms with E-state index in [4.69, 9.17) is 4.74 Å². The van der Waals surface area contributed by atoms with E-state index in [2.05, 4.69) is 19.9 Å². The second-order valence-electron chi connectivity index (χ2n) is 3.81. The van der Waals surface area contributed by atoms with Crippen molar-refractivity contribution in [1.82, 2.24) is 0 Å². The van der Waals surface area contributed by atoms with Gasteiger partial charge in [0, 0.05) is 0 Å². The molecular weight excluding hydrogens is 193 g/mol. The third-order valence-electron chi connectivity index (χ3n) is 2.44. The highest BCUT2D eigenvalue weighted by Gasteiger charge is 1.97. The molecule has 2 aromatic carbocycles. The Hall–Kier alpha value is -1.57. The fourth-order valence-corrected chi connectivity index (χ4v) is 1.64. The summed E-state index contributed by atoms with van der Waals surface area (Å²) in [5.74, 6) is 1.77.